The van der Waals surface area contributed by atoms with E-state index in [9.17, 15) is 4.79 Å². The molecule has 3 heteroatoms. The normalized spacial score (nSPS) is 14.1. The summed E-state index contributed by atoms with van der Waals surface area (Å²) >= 11 is 0. The molecule has 0 aromatic carbocycles. The van der Waals surface area contributed by atoms with Crippen LogP contribution in [0, 0.1) is 5.92 Å². The Morgan fingerprint density at radius 3 is 2.47 bits per heavy atom. The molecule has 0 bridgehead atoms. The van der Waals surface area contributed by atoms with Crippen molar-refractivity contribution in [2.45, 2.75) is 59.5 Å². The summed E-state index contributed by atoms with van der Waals surface area (Å²) < 4.78 is 5.34. The molecular weight excluding hydrogens is 216 g/mol. The second-order valence-electron chi connectivity index (χ2n) is 4.86. The van der Waals surface area contributed by atoms with Gasteiger partial charge in [0.1, 0.15) is 0 Å². The monoisotopic (exact) mass is 242 g/mol. The lowest BCUT2D eigenvalue weighted by atomic mass is 10.0. The molecule has 0 radical (unpaired) electrons. The van der Waals surface area contributed by atoms with Crippen LogP contribution in [-0.2, 0) is 9.53 Å². The predicted octanol–water partition coefficient (Wildman–Crippen LogP) is 3.64. The third kappa shape index (κ3) is 8.93. The van der Waals surface area contributed by atoms with Crippen LogP contribution in [-0.4, -0.2) is 23.8 Å². The van der Waals surface area contributed by atoms with Crippen molar-refractivity contribution in [1.29, 1.82) is 0 Å². The molecule has 0 aliphatic heterocycles. The minimum atomic E-state index is -0.857. The minimum Gasteiger partial charge on any atom is -0.479 e. The Kier molecular flexibility index (Phi) is 8.78. The van der Waals surface area contributed by atoms with Gasteiger partial charge in [-0.05, 0) is 45.4 Å². The maximum absolute atomic E-state index is 10.7. The third-order valence-electron chi connectivity index (χ3n) is 2.79. The summed E-state index contributed by atoms with van der Waals surface area (Å²) in [6, 6.07) is 0. The van der Waals surface area contributed by atoms with Crippen LogP contribution in [0.5, 0.6) is 0 Å². The number of rotatable bonds is 9. The number of hydrogen-bond donors (Lipinski definition) is 1. The molecule has 0 aromatic heterocycles. The van der Waals surface area contributed by atoms with Crippen LogP contribution in [0.4, 0.5) is 0 Å². The first-order chi connectivity index (χ1) is 7.97. The Balaban J connectivity index is 3.66. The van der Waals surface area contributed by atoms with Gasteiger partial charge in [0, 0.05) is 6.61 Å². The topological polar surface area (TPSA) is 46.5 Å². The molecule has 0 aromatic rings. The van der Waals surface area contributed by atoms with Gasteiger partial charge in [-0.2, -0.15) is 0 Å². The van der Waals surface area contributed by atoms with Gasteiger partial charge < -0.3 is 9.84 Å². The Morgan fingerprint density at radius 1 is 1.35 bits per heavy atom. The van der Waals surface area contributed by atoms with E-state index in [0.717, 1.165) is 19.3 Å². The molecule has 0 saturated carbocycles. The molecule has 0 spiro atoms. The Labute approximate surface area is 105 Å². The second-order valence-corrected chi connectivity index (χ2v) is 4.86. The summed E-state index contributed by atoms with van der Waals surface area (Å²) in [5, 5.41) is 8.81. The van der Waals surface area contributed by atoms with Crippen LogP contribution in [0.25, 0.3) is 0 Å². The van der Waals surface area contributed by atoms with Gasteiger partial charge in [0.15, 0.2) is 6.10 Å². The van der Waals surface area contributed by atoms with Crippen molar-refractivity contribution in [2.24, 2.45) is 5.92 Å². The fraction of sp³-hybridized carbons (Fsp3) is 0.786. The second kappa shape index (κ2) is 9.23. The van der Waals surface area contributed by atoms with Crippen molar-refractivity contribution < 1.29 is 14.6 Å². The minimum absolute atomic E-state index is 0.529. The Morgan fingerprint density at radius 2 is 2.00 bits per heavy atom. The fourth-order valence-electron chi connectivity index (χ4n) is 1.58. The zero-order chi connectivity index (χ0) is 13.3. The molecule has 17 heavy (non-hydrogen) atoms. The molecule has 0 fully saturated rings. The van der Waals surface area contributed by atoms with Crippen LogP contribution in [0.3, 0.4) is 0 Å². The summed E-state index contributed by atoms with van der Waals surface area (Å²) in [6.07, 6.45) is 5.29. The zero-order valence-electron chi connectivity index (χ0n) is 11.5. The van der Waals surface area contributed by atoms with Gasteiger partial charge in [-0.15, -0.1) is 0 Å². The van der Waals surface area contributed by atoms with Crippen molar-refractivity contribution in [2.75, 3.05) is 6.61 Å². The SMILES string of the molecule is CCC(OCCC(C)CCC=C(C)C)C(=O)O. The van der Waals surface area contributed by atoms with Crippen molar-refractivity contribution in [3.63, 3.8) is 0 Å². The van der Waals surface area contributed by atoms with Gasteiger partial charge in [0.2, 0.25) is 0 Å². The molecule has 0 rings (SSSR count). The number of carbonyl (C=O) groups is 1. The van der Waals surface area contributed by atoms with Crippen LogP contribution in [0.1, 0.15) is 53.4 Å². The lowest BCUT2D eigenvalue weighted by molar-refractivity contribution is -0.150. The molecule has 2 unspecified atom stereocenters. The van der Waals surface area contributed by atoms with Crippen molar-refractivity contribution >= 4 is 5.97 Å². The van der Waals surface area contributed by atoms with Gasteiger partial charge in [-0.1, -0.05) is 25.5 Å². The quantitative estimate of drug-likeness (QED) is 0.628. The Bertz CT molecular complexity index is 242. The van der Waals surface area contributed by atoms with E-state index in [4.69, 9.17) is 9.84 Å². The Hall–Kier alpha value is -0.830. The predicted molar refractivity (Wildman–Crippen MR) is 70.1 cm³/mol. The van der Waals surface area contributed by atoms with E-state index in [1.807, 2.05) is 6.92 Å². The molecular formula is C14H26O3. The first-order valence-corrected chi connectivity index (χ1v) is 6.45. The largest absolute Gasteiger partial charge is 0.479 e. The van der Waals surface area contributed by atoms with Crippen molar-refractivity contribution in [3.05, 3.63) is 11.6 Å². The van der Waals surface area contributed by atoms with Crippen LogP contribution in [0.2, 0.25) is 0 Å². The highest BCUT2D eigenvalue weighted by atomic mass is 16.5. The van der Waals surface area contributed by atoms with E-state index in [1.54, 1.807) is 0 Å². The molecule has 0 saturated heterocycles. The van der Waals surface area contributed by atoms with Crippen LogP contribution < -0.4 is 0 Å². The number of ether oxygens (including phenoxy) is 1. The van der Waals surface area contributed by atoms with E-state index in [2.05, 4.69) is 26.8 Å². The van der Waals surface area contributed by atoms with Gasteiger partial charge in [-0.3, -0.25) is 0 Å². The van der Waals surface area contributed by atoms with Crippen molar-refractivity contribution in [1.82, 2.24) is 0 Å². The molecule has 100 valence electrons. The first kappa shape index (κ1) is 16.2. The highest BCUT2D eigenvalue weighted by Crippen LogP contribution is 2.12. The van der Waals surface area contributed by atoms with E-state index < -0.39 is 12.1 Å². The highest BCUT2D eigenvalue weighted by Gasteiger charge is 2.15. The average Bonchev–Trinajstić information content (AvgIpc) is 2.23. The number of aliphatic carboxylic acids is 1. The molecule has 0 heterocycles. The van der Waals surface area contributed by atoms with Gasteiger partial charge >= 0.3 is 5.97 Å². The molecule has 1 N–H and O–H groups in total. The lowest BCUT2D eigenvalue weighted by Gasteiger charge is -2.14. The average molecular weight is 242 g/mol. The first-order valence-electron chi connectivity index (χ1n) is 6.45. The van der Waals surface area contributed by atoms with Crippen LogP contribution >= 0.6 is 0 Å². The summed E-state index contributed by atoms with van der Waals surface area (Å²) in [5.41, 5.74) is 1.35. The van der Waals surface area contributed by atoms with E-state index in [0.29, 0.717) is 18.9 Å². The van der Waals surface area contributed by atoms with Gasteiger partial charge in [-0.25, -0.2) is 4.79 Å². The lowest BCUT2D eigenvalue weighted by Crippen LogP contribution is -2.23. The standard InChI is InChI=1S/C14H26O3/c1-5-13(14(15)16)17-10-9-12(4)8-6-7-11(2)3/h7,12-13H,5-6,8-10H2,1-4H3,(H,15,16). The number of carboxylic acids is 1. The van der Waals surface area contributed by atoms with Gasteiger partial charge in [0.25, 0.3) is 0 Å². The molecule has 3 nitrogen and oxygen atoms in total. The van der Waals surface area contributed by atoms with Gasteiger partial charge in [0.05, 0.1) is 0 Å². The number of hydrogen-bond acceptors (Lipinski definition) is 2. The smallest absolute Gasteiger partial charge is 0.332 e. The highest BCUT2D eigenvalue weighted by molar-refractivity contribution is 5.72. The summed E-state index contributed by atoms with van der Waals surface area (Å²) in [7, 11) is 0. The number of carboxylic acid groups (broad SMARTS) is 1. The molecule has 0 amide bonds. The number of allylic oxidation sites excluding steroid dienone is 2. The zero-order valence-corrected chi connectivity index (χ0v) is 11.5. The van der Waals surface area contributed by atoms with E-state index in [1.165, 1.54) is 5.57 Å². The molecule has 0 aliphatic carbocycles. The maximum atomic E-state index is 10.7. The fourth-order valence-corrected chi connectivity index (χ4v) is 1.58. The van der Waals surface area contributed by atoms with E-state index >= 15 is 0 Å². The van der Waals surface area contributed by atoms with E-state index in [-0.39, 0.29) is 0 Å². The summed E-state index contributed by atoms with van der Waals surface area (Å²) in [5.74, 6) is -0.276. The third-order valence-corrected chi connectivity index (χ3v) is 2.79. The maximum Gasteiger partial charge on any atom is 0.332 e. The summed E-state index contributed by atoms with van der Waals surface area (Å²) in [4.78, 5) is 10.7. The van der Waals surface area contributed by atoms with Crippen LogP contribution in [0.15, 0.2) is 11.6 Å². The summed E-state index contributed by atoms with van der Waals surface area (Å²) in [6.45, 7) is 8.76. The van der Waals surface area contributed by atoms with Crippen molar-refractivity contribution in [3.8, 4) is 0 Å². The molecule has 2 atom stereocenters. The molecule has 0 aliphatic rings.